The van der Waals surface area contributed by atoms with Gasteiger partial charge in [0, 0.05) is 37.6 Å². The summed E-state index contributed by atoms with van der Waals surface area (Å²) in [6.45, 7) is 11.5. The van der Waals surface area contributed by atoms with E-state index in [0.29, 0.717) is 0 Å². The Morgan fingerprint density at radius 2 is 1.23 bits per heavy atom. The van der Waals surface area contributed by atoms with Gasteiger partial charge in [0.05, 0.1) is 0 Å². The van der Waals surface area contributed by atoms with Crippen molar-refractivity contribution in [3.8, 4) is 28.3 Å². The fourth-order valence-electron chi connectivity index (χ4n) is 8.92. The highest BCUT2D eigenvalue weighted by Gasteiger charge is 2.37. The van der Waals surface area contributed by atoms with Crippen LogP contribution in [0.2, 0.25) is 0 Å². The fraction of sp³-hybridized carbons (Fsp3) is 0.231. The number of aliphatic carboxylic acids is 1. The molecule has 0 radical (unpaired) electrons. The summed E-state index contributed by atoms with van der Waals surface area (Å²) in [5.74, 6) is -1.20. The lowest BCUT2D eigenvalue weighted by atomic mass is 9.82. The first kappa shape index (κ1) is 37.9. The predicted molar refractivity (Wildman–Crippen MR) is 239 cm³/mol. The van der Waals surface area contributed by atoms with Crippen molar-refractivity contribution in [1.29, 1.82) is 5.26 Å². The number of nitrogens with zero attached hydrogens (tertiary/aromatic N) is 2. The largest absolute Gasteiger partial charge is 0.477 e. The van der Waals surface area contributed by atoms with Crippen LogP contribution in [0.15, 0.2) is 121 Å². The monoisotopic (exact) mass is 764 g/mol. The lowest BCUT2D eigenvalue weighted by Crippen LogP contribution is -2.18. The molecule has 0 spiro atoms. The average Bonchev–Trinajstić information content (AvgIpc) is 3.79. The number of benzene rings is 5. The standard InChI is InChI=1S/C52H48N2O2S/c1-6-7-8-9-14-35-29-40(30-36(33-53)50(55)56)57-49(35)28-21-34-19-22-37(23-20-34)54(38-24-26-43-41-15-10-12-17-45(41)51(2,3)47(43)31-38)39-25-27-44-42-16-11-13-18-46(42)52(4,5)48(44)32-39/h10-13,15-32H,6-9,14H2,1-5H3,(H,55,56)/b28-21+,36-30+. The van der Waals surface area contributed by atoms with Crippen LogP contribution in [0.5, 0.6) is 0 Å². The van der Waals surface area contributed by atoms with E-state index in [0.717, 1.165) is 51.6 Å². The highest BCUT2D eigenvalue weighted by Crippen LogP contribution is 2.53. The van der Waals surface area contributed by atoms with E-state index < -0.39 is 5.97 Å². The lowest BCUT2D eigenvalue weighted by Gasteiger charge is -2.29. The van der Waals surface area contributed by atoms with Gasteiger partial charge in [-0.1, -0.05) is 133 Å². The van der Waals surface area contributed by atoms with Gasteiger partial charge in [0.25, 0.3) is 0 Å². The van der Waals surface area contributed by atoms with Crippen molar-refractivity contribution < 1.29 is 9.90 Å². The summed E-state index contributed by atoms with van der Waals surface area (Å²) in [6, 6.07) is 44.1. The Balaban J connectivity index is 1.17. The van der Waals surface area contributed by atoms with Crippen LogP contribution in [-0.4, -0.2) is 11.1 Å². The number of fused-ring (bicyclic) bond motifs is 6. The third kappa shape index (κ3) is 6.94. The topological polar surface area (TPSA) is 64.3 Å². The van der Waals surface area contributed by atoms with Gasteiger partial charge in [0.1, 0.15) is 11.6 Å². The van der Waals surface area contributed by atoms with Gasteiger partial charge in [-0.05, 0) is 123 Å². The van der Waals surface area contributed by atoms with Gasteiger partial charge in [-0.3, -0.25) is 0 Å². The summed E-state index contributed by atoms with van der Waals surface area (Å²) < 4.78 is 0. The minimum Gasteiger partial charge on any atom is -0.477 e. The Bertz CT molecular complexity index is 2510. The van der Waals surface area contributed by atoms with E-state index in [2.05, 4.69) is 161 Å². The van der Waals surface area contributed by atoms with Gasteiger partial charge in [0.15, 0.2) is 0 Å². The number of aryl methyl sites for hydroxylation is 1. The normalized spacial score (nSPS) is 14.5. The van der Waals surface area contributed by atoms with Crippen molar-refractivity contribution in [3.05, 3.63) is 164 Å². The van der Waals surface area contributed by atoms with E-state index in [-0.39, 0.29) is 16.4 Å². The Hall–Kier alpha value is -5.96. The number of hydrogen-bond acceptors (Lipinski definition) is 4. The molecule has 2 aliphatic carbocycles. The summed E-state index contributed by atoms with van der Waals surface area (Å²) in [5.41, 5.74) is 15.7. The molecule has 0 saturated heterocycles. The van der Waals surface area contributed by atoms with Crippen LogP contribution in [0, 0.1) is 11.3 Å². The number of unbranched alkanes of at least 4 members (excludes halogenated alkanes) is 3. The van der Waals surface area contributed by atoms with Crippen LogP contribution >= 0.6 is 11.3 Å². The molecule has 1 N–H and O–H groups in total. The number of anilines is 3. The highest BCUT2D eigenvalue weighted by atomic mass is 32.1. The smallest absolute Gasteiger partial charge is 0.346 e. The van der Waals surface area contributed by atoms with Crippen LogP contribution in [0.4, 0.5) is 17.1 Å². The Morgan fingerprint density at radius 3 is 1.77 bits per heavy atom. The van der Waals surface area contributed by atoms with E-state index >= 15 is 0 Å². The fourth-order valence-corrected chi connectivity index (χ4v) is 9.98. The zero-order valence-corrected chi connectivity index (χ0v) is 34.2. The Kier molecular flexibility index (Phi) is 10.1. The molecule has 0 amide bonds. The van der Waals surface area contributed by atoms with Crippen molar-refractivity contribution in [2.24, 2.45) is 0 Å². The van der Waals surface area contributed by atoms with E-state index in [4.69, 9.17) is 0 Å². The number of nitriles is 1. The van der Waals surface area contributed by atoms with E-state index in [1.807, 2.05) is 12.1 Å². The van der Waals surface area contributed by atoms with Gasteiger partial charge < -0.3 is 10.0 Å². The predicted octanol–water partition coefficient (Wildman–Crippen LogP) is 14.1. The molecule has 2 aliphatic rings. The quantitative estimate of drug-likeness (QED) is 0.0766. The number of thiophene rings is 1. The lowest BCUT2D eigenvalue weighted by molar-refractivity contribution is -0.132. The molecule has 6 aromatic rings. The first-order valence-corrected chi connectivity index (χ1v) is 20.9. The second-order valence-electron chi connectivity index (χ2n) is 16.4. The van der Waals surface area contributed by atoms with Crippen molar-refractivity contribution in [2.45, 2.75) is 77.6 Å². The molecule has 284 valence electrons. The second kappa shape index (κ2) is 15.2. The number of carboxylic acid groups (broad SMARTS) is 1. The Morgan fingerprint density at radius 1 is 0.684 bits per heavy atom. The summed E-state index contributed by atoms with van der Waals surface area (Å²) in [4.78, 5) is 15.9. The second-order valence-corrected chi connectivity index (χ2v) is 17.5. The van der Waals surface area contributed by atoms with Crippen molar-refractivity contribution in [3.63, 3.8) is 0 Å². The molecule has 8 rings (SSSR count). The molecule has 4 nitrogen and oxygen atoms in total. The summed E-state index contributed by atoms with van der Waals surface area (Å²) in [5, 5.41) is 18.9. The van der Waals surface area contributed by atoms with Gasteiger partial charge in [-0.25, -0.2) is 4.79 Å². The van der Waals surface area contributed by atoms with Crippen LogP contribution in [0.3, 0.4) is 0 Å². The van der Waals surface area contributed by atoms with Crippen LogP contribution < -0.4 is 4.90 Å². The van der Waals surface area contributed by atoms with E-state index in [1.165, 1.54) is 80.3 Å². The number of carbonyl (C=O) groups is 1. The number of carboxylic acids is 1. The zero-order chi connectivity index (χ0) is 39.9. The molecule has 1 aromatic heterocycles. The zero-order valence-electron chi connectivity index (χ0n) is 33.4. The van der Waals surface area contributed by atoms with Gasteiger partial charge in [-0.2, -0.15) is 5.26 Å². The van der Waals surface area contributed by atoms with Crippen molar-refractivity contribution >= 4 is 52.6 Å². The molecule has 0 fully saturated rings. The van der Waals surface area contributed by atoms with Crippen LogP contribution in [0.1, 0.15) is 103 Å². The minimum absolute atomic E-state index is 0.125. The molecule has 0 bridgehead atoms. The van der Waals surface area contributed by atoms with Gasteiger partial charge in [0.2, 0.25) is 0 Å². The third-order valence-corrected chi connectivity index (χ3v) is 13.1. The van der Waals surface area contributed by atoms with Gasteiger partial charge >= 0.3 is 5.97 Å². The first-order chi connectivity index (χ1) is 27.5. The molecular formula is C52H48N2O2S. The highest BCUT2D eigenvalue weighted by molar-refractivity contribution is 7.14. The molecule has 5 heteroatoms. The average molecular weight is 765 g/mol. The molecular weight excluding hydrogens is 717 g/mol. The van der Waals surface area contributed by atoms with E-state index in [1.54, 1.807) is 0 Å². The summed E-state index contributed by atoms with van der Waals surface area (Å²) in [6.07, 6.45) is 11.3. The maximum atomic E-state index is 11.6. The molecule has 57 heavy (non-hydrogen) atoms. The summed E-state index contributed by atoms with van der Waals surface area (Å²) in [7, 11) is 0. The SMILES string of the molecule is CCCCCCc1cc(/C=C(\C#N)C(=O)O)sc1/C=C/c1ccc(N(c2ccc3c(c2)C(C)(C)c2ccccc2-3)c2ccc3c(c2)C(C)(C)c2ccccc2-3)cc1. The summed E-state index contributed by atoms with van der Waals surface area (Å²) >= 11 is 1.53. The molecule has 1 heterocycles. The van der Waals surface area contributed by atoms with Crippen LogP contribution in [0.25, 0.3) is 40.5 Å². The van der Waals surface area contributed by atoms with Crippen molar-refractivity contribution in [2.75, 3.05) is 4.90 Å². The maximum Gasteiger partial charge on any atom is 0.346 e. The van der Waals surface area contributed by atoms with E-state index in [9.17, 15) is 15.2 Å². The maximum absolute atomic E-state index is 11.6. The van der Waals surface area contributed by atoms with Gasteiger partial charge in [-0.15, -0.1) is 11.3 Å². The minimum atomic E-state index is -1.20. The molecule has 5 aromatic carbocycles. The molecule has 0 saturated carbocycles. The van der Waals surface area contributed by atoms with Crippen molar-refractivity contribution in [1.82, 2.24) is 0 Å². The number of rotatable bonds is 12. The molecule has 0 atom stereocenters. The van der Waals surface area contributed by atoms with Crippen LogP contribution in [-0.2, 0) is 22.0 Å². The third-order valence-electron chi connectivity index (χ3n) is 12.0. The Labute approximate surface area is 341 Å². The molecule has 0 aliphatic heterocycles. The first-order valence-electron chi connectivity index (χ1n) is 20.1. The number of hydrogen-bond donors (Lipinski definition) is 1. The molecule has 0 unspecified atom stereocenters.